The van der Waals surface area contributed by atoms with Gasteiger partial charge in [-0.2, -0.15) is 0 Å². The molecule has 0 spiro atoms. The van der Waals surface area contributed by atoms with E-state index < -0.39 is 0 Å². The molecule has 0 unspecified atom stereocenters. The minimum Gasteiger partial charge on any atom is -0.352 e. The second kappa shape index (κ2) is 9.40. The van der Waals surface area contributed by atoms with E-state index in [0.29, 0.717) is 29.4 Å². The Balaban J connectivity index is 1.51. The van der Waals surface area contributed by atoms with Crippen LogP contribution in [0.4, 0.5) is 0 Å². The van der Waals surface area contributed by atoms with Crippen LogP contribution in [0, 0.1) is 0 Å². The summed E-state index contributed by atoms with van der Waals surface area (Å²) in [6, 6.07) is 13.8. The first-order chi connectivity index (χ1) is 12.6. The maximum absolute atomic E-state index is 12.2. The Morgan fingerprint density at radius 2 is 1.73 bits per heavy atom. The van der Waals surface area contributed by atoms with Gasteiger partial charge in [-0.05, 0) is 61.2 Å². The first kappa shape index (κ1) is 19.2. The van der Waals surface area contributed by atoms with Crippen LogP contribution in [0.25, 0.3) is 0 Å². The van der Waals surface area contributed by atoms with Gasteiger partial charge in [-0.1, -0.05) is 53.5 Å². The van der Waals surface area contributed by atoms with E-state index in [1.54, 1.807) is 12.1 Å². The van der Waals surface area contributed by atoms with Crippen molar-refractivity contribution in [2.24, 2.45) is 0 Å². The summed E-state index contributed by atoms with van der Waals surface area (Å²) >= 11 is 12.1. The molecule has 1 fully saturated rings. The quantitative estimate of drug-likeness (QED) is 0.733. The van der Waals surface area contributed by atoms with Crippen LogP contribution in [0.1, 0.15) is 36.0 Å². The zero-order chi connectivity index (χ0) is 18.4. The fourth-order valence-corrected chi connectivity index (χ4v) is 3.82. The minimum atomic E-state index is 0.0343. The van der Waals surface area contributed by atoms with Gasteiger partial charge in [0.15, 0.2) is 0 Å². The first-order valence-corrected chi connectivity index (χ1v) is 9.87. The van der Waals surface area contributed by atoms with Crippen molar-refractivity contribution in [2.45, 2.75) is 38.8 Å². The number of aryl methyl sites for hydroxylation is 1. The second-order valence-electron chi connectivity index (χ2n) is 6.76. The van der Waals surface area contributed by atoms with Gasteiger partial charge in [-0.15, -0.1) is 0 Å². The van der Waals surface area contributed by atoms with Crippen molar-refractivity contribution in [1.82, 2.24) is 10.2 Å². The lowest BCUT2D eigenvalue weighted by molar-refractivity contribution is -0.121. The molecule has 0 radical (unpaired) electrons. The molecule has 26 heavy (non-hydrogen) atoms. The van der Waals surface area contributed by atoms with E-state index in [4.69, 9.17) is 23.2 Å². The van der Waals surface area contributed by atoms with Crippen molar-refractivity contribution >= 4 is 29.1 Å². The molecular weight excluding hydrogens is 367 g/mol. The van der Waals surface area contributed by atoms with E-state index in [1.165, 1.54) is 37.1 Å². The standard InChI is InChI=1S/C21H24Cl2N2O/c22-19-9-7-16(20(23)13-19)8-10-21(26)24-14-17-5-1-2-6-18(17)15-25-11-3-4-12-25/h1-2,5-7,9,13H,3-4,8,10-12,14-15H2,(H,24,26). The van der Waals surface area contributed by atoms with Gasteiger partial charge in [0, 0.05) is 29.6 Å². The molecule has 3 rings (SSSR count). The van der Waals surface area contributed by atoms with Gasteiger partial charge in [0.2, 0.25) is 5.91 Å². The molecule has 1 aliphatic rings. The predicted octanol–water partition coefficient (Wildman–Crippen LogP) is 4.84. The van der Waals surface area contributed by atoms with Crippen LogP contribution < -0.4 is 5.32 Å². The van der Waals surface area contributed by atoms with Gasteiger partial charge in [0.05, 0.1) is 0 Å². The molecule has 1 N–H and O–H groups in total. The van der Waals surface area contributed by atoms with Gasteiger partial charge in [0.25, 0.3) is 0 Å². The molecule has 0 saturated carbocycles. The van der Waals surface area contributed by atoms with Crippen molar-refractivity contribution in [1.29, 1.82) is 0 Å². The molecule has 0 bridgehead atoms. The number of carbonyl (C=O) groups excluding carboxylic acids is 1. The zero-order valence-electron chi connectivity index (χ0n) is 14.8. The molecule has 1 saturated heterocycles. The Bertz CT molecular complexity index is 757. The first-order valence-electron chi connectivity index (χ1n) is 9.11. The van der Waals surface area contributed by atoms with Crippen LogP contribution in [0.3, 0.4) is 0 Å². The highest BCUT2D eigenvalue weighted by Crippen LogP contribution is 2.22. The molecule has 5 heteroatoms. The highest BCUT2D eigenvalue weighted by molar-refractivity contribution is 6.35. The van der Waals surface area contributed by atoms with Crippen molar-refractivity contribution in [3.63, 3.8) is 0 Å². The summed E-state index contributed by atoms with van der Waals surface area (Å²) in [5.41, 5.74) is 3.44. The smallest absolute Gasteiger partial charge is 0.220 e. The van der Waals surface area contributed by atoms with E-state index in [1.807, 2.05) is 12.1 Å². The second-order valence-corrected chi connectivity index (χ2v) is 7.61. The average molecular weight is 391 g/mol. The highest BCUT2D eigenvalue weighted by atomic mass is 35.5. The molecule has 138 valence electrons. The summed E-state index contributed by atoms with van der Waals surface area (Å²) in [5.74, 6) is 0.0343. The third-order valence-corrected chi connectivity index (χ3v) is 5.41. The van der Waals surface area contributed by atoms with E-state index >= 15 is 0 Å². The summed E-state index contributed by atoms with van der Waals surface area (Å²) in [6.45, 7) is 3.87. The van der Waals surface area contributed by atoms with Crippen LogP contribution in [0.2, 0.25) is 10.0 Å². The van der Waals surface area contributed by atoms with E-state index in [-0.39, 0.29) is 5.91 Å². The Labute approximate surface area is 165 Å². The van der Waals surface area contributed by atoms with Crippen LogP contribution >= 0.6 is 23.2 Å². The molecule has 0 aromatic heterocycles. The molecule has 2 aromatic rings. The highest BCUT2D eigenvalue weighted by Gasteiger charge is 2.14. The minimum absolute atomic E-state index is 0.0343. The van der Waals surface area contributed by atoms with Gasteiger partial charge in [0.1, 0.15) is 0 Å². The van der Waals surface area contributed by atoms with E-state index in [0.717, 1.165) is 12.1 Å². The summed E-state index contributed by atoms with van der Waals surface area (Å²) in [7, 11) is 0. The largest absolute Gasteiger partial charge is 0.352 e. The van der Waals surface area contributed by atoms with Crippen molar-refractivity contribution in [3.8, 4) is 0 Å². The number of nitrogens with one attached hydrogen (secondary N) is 1. The Morgan fingerprint density at radius 1 is 1.00 bits per heavy atom. The Kier molecular flexibility index (Phi) is 6.95. The maximum Gasteiger partial charge on any atom is 0.220 e. The van der Waals surface area contributed by atoms with Gasteiger partial charge < -0.3 is 5.32 Å². The molecule has 1 amide bonds. The maximum atomic E-state index is 12.2. The van der Waals surface area contributed by atoms with Gasteiger partial charge in [-0.3, -0.25) is 9.69 Å². The molecular formula is C21H24Cl2N2O. The molecule has 1 heterocycles. The number of carbonyl (C=O) groups is 1. The van der Waals surface area contributed by atoms with Gasteiger partial charge in [-0.25, -0.2) is 0 Å². The Morgan fingerprint density at radius 3 is 2.46 bits per heavy atom. The topological polar surface area (TPSA) is 32.3 Å². The third-order valence-electron chi connectivity index (χ3n) is 4.82. The molecule has 2 aromatic carbocycles. The number of hydrogen-bond acceptors (Lipinski definition) is 2. The monoisotopic (exact) mass is 390 g/mol. The van der Waals surface area contributed by atoms with Crippen LogP contribution in [-0.2, 0) is 24.3 Å². The molecule has 1 aliphatic heterocycles. The van der Waals surface area contributed by atoms with Crippen molar-refractivity contribution < 1.29 is 4.79 Å². The summed E-state index contributed by atoms with van der Waals surface area (Å²) in [6.07, 6.45) is 3.59. The fourth-order valence-electron chi connectivity index (χ4n) is 3.32. The molecule has 3 nitrogen and oxygen atoms in total. The van der Waals surface area contributed by atoms with Gasteiger partial charge >= 0.3 is 0 Å². The van der Waals surface area contributed by atoms with Crippen LogP contribution in [0.15, 0.2) is 42.5 Å². The lowest BCUT2D eigenvalue weighted by atomic mass is 10.1. The number of nitrogens with zero attached hydrogens (tertiary/aromatic N) is 1. The predicted molar refractivity (Wildman–Crippen MR) is 108 cm³/mol. The number of likely N-dealkylation sites (tertiary alicyclic amines) is 1. The summed E-state index contributed by atoms with van der Waals surface area (Å²) < 4.78 is 0. The SMILES string of the molecule is O=C(CCc1ccc(Cl)cc1Cl)NCc1ccccc1CN1CCCC1. The fraction of sp³-hybridized carbons (Fsp3) is 0.381. The van der Waals surface area contributed by atoms with E-state index in [9.17, 15) is 4.79 Å². The van der Waals surface area contributed by atoms with Crippen molar-refractivity contribution in [2.75, 3.05) is 13.1 Å². The Hall–Kier alpha value is -1.55. The number of benzene rings is 2. The summed E-state index contributed by atoms with van der Waals surface area (Å²) in [5, 5.41) is 4.26. The number of rotatable bonds is 7. The average Bonchev–Trinajstić information content (AvgIpc) is 3.13. The molecule has 0 aliphatic carbocycles. The lowest BCUT2D eigenvalue weighted by Gasteiger charge is -2.17. The van der Waals surface area contributed by atoms with Crippen LogP contribution in [-0.4, -0.2) is 23.9 Å². The lowest BCUT2D eigenvalue weighted by Crippen LogP contribution is -2.25. The molecule has 0 atom stereocenters. The van der Waals surface area contributed by atoms with Crippen molar-refractivity contribution in [3.05, 3.63) is 69.2 Å². The zero-order valence-corrected chi connectivity index (χ0v) is 16.3. The number of hydrogen-bond donors (Lipinski definition) is 1. The third kappa shape index (κ3) is 5.47. The van der Waals surface area contributed by atoms with E-state index in [2.05, 4.69) is 28.4 Å². The van der Waals surface area contributed by atoms with Crippen LogP contribution in [0.5, 0.6) is 0 Å². The number of amides is 1. The summed E-state index contributed by atoms with van der Waals surface area (Å²) in [4.78, 5) is 14.7. The normalized spacial score (nSPS) is 14.5. The number of halogens is 2.